The first-order valence-electron chi connectivity index (χ1n) is 11.4. The van der Waals surface area contributed by atoms with E-state index in [4.69, 9.17) is 4.74 Å². The van der Waals surface area contributed by atoms with E-state index in [1.165, 1.54) is 12.1 Å². The zero-order valence-corrected chi connectivity index (χ0v) is 20.2. The lowest BCUT2D eigenvalue weighted by atomic mass is 10.2. The molecule has 0 spiro atoms. The number of benzene rings is 3. The number of carbonyl (C=O) groups is 2. The van der Waals surface area contributed by atoms with E-state index in [0.29, 0.717) is 36.7 Å². The van der Waals surface area contributed by atoms with Gasteiger partial charge >= 0.3 is 0 Å². The Labute approximate surface area is 205 Å². The number of rotatable bonds is 9. The summed E-state index contributed by atoms with van der Waals surface area (Å²) in [5.74, 6) is 0.155. The smallest absolute Gasteiger partial charge is 0.264 e. The molecule has 182 valence electrons. The topological polar surface area (TPSA) is 96.0 Å². The molecule has 0 radical (unpaired) electrons. The van der Waals surface area contributed by atoms with Crippen LogP contribution in [0.1, 0.15) is 19.8 Å². The maximum atomic E-state index is 13.5. The first-order chi connectivity index (χ1) is 16.9. The lowest BCUT2D eigenvalue weighted by Crippen LogP contribution is -2.38. The van der Waals surface area contributed by atoms with Crippen LogP contribution in [0.15, 0.2) is 83.8 Å². The molecular weight excluding hydrogens is 466 g/mol. The van der Waals surface area contributed by atoms with Crippen LogP contribution in [-0.2, 0) is 19.6 Å². The molecule has 1 aliphatic rings. The number of para-hydroxylation sites is 1. The summed E-state index contributed by atoms with van der Waals surface area (Å²) in [6, 6.07) is 21.5. The molecule has 0 bridgehead atoms. The average molecular weight is 494 g/mol. The van der Waals surface area contributed by atoms with Crippen LogP contribution in [-0.4, -0.2) is 39.9 Å². The van der Waals surface area contributed by atoms with Gasteiger partial charge in [0.1, 0.15) is 12.3 Å². The molecule has 2 amide bonds. The van der Waals surface area contributed by atoms with E-state index in [2.05, 4.69) is 5.32 Å². The number of carbonyl (C=O) groups excluding carboxylic acids is 2. The minimum Gasteiger partial charge on any atom is -0.494 e. The second kappa shape index (κ2) is 10.6. The van der Waals surface area contributed by atoms with Crippen molar-refractivity contribution in [2.24, 2.45) is 0 Å². The molecule has 9 heteroatoms. The van der Waals surface area contributed by atoms with Gasteiger partial charge in [0, 0.05) is 24.3 Å². The highest BCUT2D eigenvalue weighted by Crippen LogP contribution is 2.26. The maximum Gasteiger partial charge on any atom is 0.264 e. The highest BCUT2D eigenvalue weighted by molar-refractivity contribution is 7.92. The van der Waals surface area contributed by atoms with Gasteiger partial charge in [-0.25, -0.2) is 8.42 Å². The minimum atomic E-state index is -4.02. The Balaban J connectivity index is 1.52. The molecule has 1 fully saturated rings. The van der Waals surface area contributed by atoms with Gasteiger partial charge in [-0.15, -0.1) is 0 Å². The monoisotopic (exact) mass is 493 g/mol. The number of ether oxygens (including phenoxy) is 1. The van der Waals surface area contributed by atoms with E-state index in [-0.39, 0.29) is 10.8 Å². The van der Waals surface area contributed by atoms with E-state index in [1.807, 2.05) is 6.92 Å². The van der Waals surface area contributed by atoms with Gasteiger partial charge in [-0.05, 0) is 74.0 Å². The third-order valence-electron chi connectivity index (χ3n) is 5.59. The summed E-state index contributed by atoms with van der Waals surface area (Å²) < 4.78 is 33.4. The van der Waals surface area contributed by atoms with Gasteiger partial charge in [0.25, 0.3) is 10.0 Å². The van der Waals surface area contributed by atoms with E-state index in [1.54, 1.807) is 71.6 Å². The van der Waals surface area contributed by atoms with Crippen molar-refractivity contribution in [3.63, 3.8) is 0 Å². The van der Waals surface area contributed by atoms with E-state index in [0.717, 1.165) is 16.4 Å². The molecule has 1 heterocycles. The second-order valence-corrected chi connectivity index (χ2v) is 9.86. The molecule has 8 nitrogen and oxygen atoms in total. The summed E-state index contributed by atoms with van der Waals surface area (Å²) in [5.41, 5.74) is 1.66. The molecule has 0 aliphatic carbocycles. The molecular formula is C26H27N3O5S. The van der Waals surface area contributed by atoms with Crippen LogP contribution in [0.5, 0.6) is 5.75 Å². The molecule has 1 saturated heterocycles. The average Bonchev–Trinajstić information content (AvgIpc) is 3.30. The van der Waals surface area contributed by atoms with Crippen molar-refractivity contribution in [1.29, 1.82) is 0 Å². The van der Waals surface area contributed by atoms with Crippen LogP contribution >= 0.6 is 0 Å². The van der Waals surface area contributed by atoms with Crippen LogP contribution in [0.25, 0.3) is 0 Å². The number of nitrogens with zero attached hydrogens (tertiary/aromatic N) is 2. The third-order valence-corrected chi connectivity index (χ3v) is 7.38. The van der Waals surface area contributed by atoms with Gasteiger partial charge in [0.15, 0.2) is 0 Å². The molecule has 1 N–H and O–H groups in total. The van der Waals surface area contributed by atoms with E-state index < -0.39 is 22.5 Å². The predicted molar refractivity (Wildman–Crippen MR) is 135 cm³/mol. The van der Waals surface area contributed by atoms with Crippen LogP contribution in [0.2, 0.25) is 0 Å². The number of anilines is 3. The molecule has 0 unspecified atom stereocenters. The zero-order valence-electron chi connectivity index (χ0n) is 19.4. The molecule has 3 aromatic rings. The SMILES string of the molecule is CCOc1ccc(S(=O)(=O)N(CC(=O)Nc2ccc(N3CCCC3=O)cc2)c2ccccc2)cc1. The van der Waals surface area contributed by atoms with Crippen LogP contribution in [0.4, 0.5) is 17.1 Å². The number of hydrogen-bond donors (Lipinski definition) is 1. The fraction of sp³-hybridized carbons (Fsp3) is 0.231. The van der Waals surface area contributed by atoms with Crippen molar-refractivity contribution in [1.82, 2.24) is 0 Å². The summed E-state index contributed by atoms with van der Waals surface area (Å²) in [7, 11) is -4.02. The highest BCUT2D eigenvalue weighted by atomic mass is 32.2. The fourth-order valence-corrected chi connectivity index (χ4v) is 5.31. The summed E-state index contributed by atoms with van der Waals surface area (Å²) in [6.45, 7) is 2.59. The Morgan fingerprint density at radius 3 is 2.29 bits per heavy atom. The summed E-state index contributed by atoms with van der Waals surface area (Å²) in [5, 5.41) is 2.75. The molecule has 0 saturated carbocycles. The van der Waals surface area contributed by atoms with Crippen molar-refractivity contribution < 1.29 is 22.7 Å². The summed E-state index contributed by atoms with van der Waals surface area (Å²) in [6.07, 6.45) is 1.37. The molecule has 0 aromatic heterocycles. The Hall–Kier alpha value is -3.85. The Kier molecular flexibility index (Phi) is 7.36. The minimum absolute atomic E-state index is 0.0530. The number of sulfonamides is 1. The van der Waals surface area contributed by atoms with Crippen LogP contribution in [0, 0.1) is 0 Å². The third kappa shape index (κ3) is 5.63. The molecule has 3 aromatic carbocycles. The van der Waals surface area contributed by atoms with Crippen LogP contribution in [0.3, 0.4) is 0 Å². The molecule has 4 rings (SSSR count). The van der Waals surface area contributed by atoms with Gasteiger partial charge in [-0.3, -0.25) is 13.9 Å². The van der Waals surface area contributed by atoms with Gasteiger partial charge in [0.2, 0.25) is 11.8 Å². The normalized spacial score (nSPS) is 13.5. The maximum absolute atomic E-state index is 13.5. The first kappa shape index (κ1) is 24.3. The van der Waals surface area contributed by atoms with Crippen molar-refractivity contribution in [3.05, 3.63) is 78.9 Å². The predicted octanol–water partition coefficient (Wildman–Crippen LogP) is 4.05. The number of hydrogen-bond acceptors (Lipinski definition) is 5. The van der Waals surface area contributed by atoms with Crippen molar-refractivity contribution in [3.8, 4) is 5.75 Å². The van der Waals surface area contributed by atoms with E-state index >= 15 is 0 Å². The second-order valence-electron chi connectivity index (χ2n) is 8.00. The quantitative estimate of drug-likeness (QED) is 0.485. The summed E-state index contributed by atoms with van der Waals surface area (Å²) >= 11 is 0. The number of nitrogens with one attached hydrogen (secondary N) is 1. The van der Waals surface area contributed by atoms with E-state index in [9.17, 15) is 18.0 Å². The van der Waals surface area contributed by atoms with Crippen molar-refractivity contribution in [2.75, 3.05) is 34.2 Å². The van der Waals surface area contributed by atoms with Crippen molar-refractivity contribution >= 4 is 38.9 Å². The Morgan fingerprint density at radius 1 is 1.00 bits per heavy atom. The van der Waals surface area contributed by atoms with Gasteiger partial charge < -0.3 is 15.0 Å². The first-order valence-corrected chi connectivity index (χ1v) is 12.8. The summed E-state index contributed by atoms with van der Waals surface area (Å²) in [4.78, 5) is 26.6. The molecule has 35 heavy (non-hydrogen) atoms. The van der Waals surface area contributed by atoms with Crippen LogP contribution < -0.4 is 19.3 Å². The number of amides is 2. The van der Waals surface area contributed by atoms with Gasteiger partial charge in [0.05, 0.1) is 17.2 Å². The zero-order chi connectivity index (χ0) is 24.8. The fourth-order valence-electron chi connectivity index (χ4n) is 3.89. The van der Waals surface area contributed by atoms with Crippen molar-refractivity contribution in [2.45, 2.75) is 24.7 Å². The Bertz CT molecular complexity index is 1280. The van der Waals surface area contributed by atoms with Gasteiger partial charge in [-0.2, -0.15) is 0 Å². The highest BCUT2D eigenvalue weighted by Gasteiger charge is 2.27. The lowest BCUT2D eigenvalue weighted by Gasteiger charge is -2.24. The largest absolute Gasteiger partial charge is 0.494 e. The lowest BCUT2D eigenvalue weighted by molar-refractivity contribution is -0.117. The Morgan fingerprint density at radius 2 is 1.69 bits per heavy atom. The molecule has 0 atom stereocenters. The standard InChI is InChI=1S/C26H27N3O5S/c1-2-34-23-14-16-24(17-15-23)35(32,33)29(22-7-4-3-5-8-22)19-25(30)27-20-10-12-21(13-11-20)28-18-6-9-26(28)31/h3-5,7-8,10-17H,2,6,9,18-19H2,1H3,(H,27,30). The molecule has 1 aliphatic heterocycles. The van der Waals surface area contributed by atoms with Gasteiger partial charge in [-0.1, -0.05) is 18.2 Å².